The van der Waals surface area contributed by atoms with Crippen LogP contribution in [0, 0.1) is 0 Å². The number of carbonyl (C=O) groups is 1. The van der Waals surface area contributed by atoms with Crippen molar-refractivity contribution in [2.75, 3.05) is 18.0 Å². The number of hydrogen-bond acceptors (Lipinski definition) is 2. The van der Waals surface area contributed by atoms with E-state index in [-0.39, 0.29) is 0 Å². The number of piperidine rings is 1. The Balaban J connectivity index is 1.91. The van der Waals surface area contributed by atoms with E-state index in [1.165, 1.54) is 24.9 Å². The van der Waals surface area contributed by atoms with Gasteiger partial charge >= 0.3 is 5.97 Å². The fraction of sp³-hybridized carbons (Fsp3) is 0.611. The van der Waals surface area contributed by atoms with Gasteiger partial charge in [0.2, 0.25) is 0 Å². The van der Waals surface area contributed by atoms with E-state index in [9.17, 15) is 9.90 Å². The third-order valence-corrected chi connectivity index (χ3v) is 5.95. The maximum absolute atomic E-state index is 11.9. The van der Waals surface area contributed by atoms with Crippen molar-refractivity contribution in [2.45, 2.75) is 56.8 Å². The molecular weight excluding hydrogens is 342 g/mol. The second-order valence-electron chi connectivity index (χ2n) is 6.66. The average molecular weight is 366 g/mol. The zero-order valence-electron chi connectivity index (χ0n) is 13.0. The first-order chi connectivity index (χ1) is 10.6. The Bertz CT molecular complexity index is 546. The summed E-state index contributed by atoms with van der Waals surface area (Å²) in [5.74, 6) is -0.662. The average Bonchev–Trinajstić information content (AvgIpc) is 2.56. The highest BCUT2D eigenvalue weighted by molar-refractivity contribution is 9.10. The van der Waals surface area contributed by atoms with Crippen LogP contribution in [0.3, 0.4) is 0 Å². The minimum atomic E-state index is -0.679. The first kappa shape index (κ1) is 15.9. The molecule has 1 N–H and O–H groups in total. The van der Waals surface area contributed by atoms with E-state index in [1.807, 2.05) is 6.07 Å². The van der Waals surface area contributed by atoms with Crippen LogP contribution in [0.5, 0.6) is 0 Å². The van der Waals surface area contributed by atoms with Gasteiger partial charge in [-0.25, -0.2) is 0 Å². The van der Waals surface area contributed by atoms with E-state index < -0.39 is 11.4 Å². The Kier molecular flexibility index (Phi) is 4.76. The van der Waals surface area contributed by atoms with E-state index in [0.717, 1.165) is 55.2 Å². The fourth-order valence-electron chi connectivity index (χ4n) is 3.98. The van der Waals surface area contributed by atoms with E-state index >= 15 is 0 Å². The van der Waals surface area contributed by atoms with Crippen molar-refractivity contribution in [3.8, 4) is 0 Å². The number of carboxylic acid groups (broad SMARTS) is 1. The zero-order valence-corrected chi connectivity index (χ0v) is 14.6. The van der Waals surface area contributed by atoms with E-state index in [4.69, 9.17) is 0 Å². The van der Waals surface area contributed by atoms with Crippen molar-refractivity contribution >= 4 is 27.6 Å². The summed E-state index contributed by atoms with van der Waals surface area (Å²) < 4.78 is 1.04. The molecule has 2 aliphatic rings. The maximum atomic E-state index is 11.9. The molecule has 0 atom stereocenters. The van der Waals surface area contributed by atoms with Crippen LogP contribution >= 0.6 is 15.9 Å². The van der Waals surface area contributed by atoms with Crippen LogP contribution in [0.1, 0.15) is 56.9 Å². The highest BCUT2D eigenvalue weighted by atomic mass is 79.9. The molecule has 1 aromatic carbocycles. The molecule has 0 radical (unpaired) electrons. The minimum Gasteiger partial charge on any atom is -0.481 e. The van der Waals surface area contributed by atoms with Gasteiger partial charge in [-0.05, 0) is 65.7 Å². The number of halogens is 1. The fourth-order valence-corrected chi connectivity index (χ4v) is 4.61. The van der Waals surface area contributed by atoms with Gasteiger partial charge in [-0.2, -0.15) is 0 Å². The van der Waals surface area contributed by atoms with Crippen molar-refractivity contribution in [1.29, 1.82) is 0 Å². The van der Waals surface area contributed by atoms with Crippen LogP contribution < -0.4 is 4.90 Å². The molecule has 1 aliphatic heterocycles. The Morgan fingerprint density at radius 3 is 2.27 bits per heavy atom. The lowest BCUT2D eigenvalue weighted by Crippen LogP contribution is -2.38. The molecule has 0 unspecified atom stereocenters. The Hall–Kier alpha value is -1.03. The minimum absolute atomic E-state index is 0.662. The van der Waals surface area contributed by atoms with E-state index in [0.29, 0.717) is 0 Å². The molecule has 0 spiro atoms. The summed E-state index contributed by atoms with van der Waals surface area (Å²) in [7, 11) is 0. The first-order valence-corrected chi connectivity index (χ1v) is 9.21. The number of anilines is 1. The van der Waals surface area contributed by atoms with Crippen molar-refractivity contribution in [3.63, 3.8) is 0 Å². The molecule has 1 aliphatic carbocycles. The van der Waals surface area contributed by atoms with Gasteiger partial charge in [-0.15, -0.1) is 0 Å². The number of benzene rings is 1. The summed E-state index contributed by atoms with van der Waals surface area (Å²) in [4.78, 5) is 14.4. The van der Waals surface area contributed by atoms with Gasteiger partial charge in [-0.3, -0.25) is 4.79 Å². The summed E-state index contributed by atoms with van der Waals surface area (Å²) in [5, 5.41) is 9.83. The van der Waals surface area contributed by atoms with Gasteiger partial charge in [0.25, 0.3) is 0 Å². The molecule has 1 aromatic rings. The smallest absolute Gasteiger partial charge is 0.314 e. The SMILES string of the molecule is O=C(O)C1(c2ccc(N3CCCCC3)c(Br)c2)CCCCC1. The Labute approximate surface area is 140 Å². The van der Waals surface area contributed by atoms with Crippen molar-refractivity contribution in [1.82, 2.24) is 0 Å². The van der Waals surface area contributed by atoms with Gasteiger partial charge in [0.1, 0.15) is 0 Å². The summed E-state index contributed by atoms with van der Waals surface area (Å²) in [5.41, 5.74) is 1.49. The van der Waals surface area contributed by atoms with Crippen molar-refractivity contribution in [2.24, 2.45) is 0 Å². The molecule has 0 bridgehead atoms. The monoisotopic (exact) mass is 365 g/mol. The number of carboxylic acids is 1. The number of rotatable bonds is 3. The van der Waals surface area contributed by atoms with Crippen LogP contribution in [0.2, 0.25) is 0 Å². The second kappa shape index (κ2) is 6.61. The summed E-state index contributed by atoms with van der Waals surface area (Å²) in [6, 6.07) is 6.22. The van der Waals surface area contributed by atoms with Gasteiger partial charge in [0, 0.05) is 17.6 Å². The predicted octanol–water partition coefficient (Wildman–Crippen LogP) is 4.73. The topological polar surface area (TPSA) is 40.5 Å². The summed E-state index contributed by atoms with van der Waals surface area (Å²) in [6.07, 6.45) is 8.50. The lowest BCUT2D eigenvalue weighted by molar-refractivity contribution is -0.145. The highest BCUT2D eigenvalue weighted by Crippen LogP contribution is 2.42. The van der Waals surface area contributed by atoms with E-state index in [2.05, 4.69) is 33.0 Å². The molecule has 1 saturated carbocycles. The normalized spacial score (nSPS) is 21.6. The molecule has 3 rings (SSSR count). The van der Waals surface area contributed by atoms with Crippen molar-refractivity contribution < 1.29 is 9.90 Å². The number of hydrogen-bond donors (Lipinski definition) is 1. The van der Waals surface area contributed by atoms with Crippen LogP contribution in [-0.2, 0) is 10.2 Å². The number of aliphatic carboxylic acids is 1. The molecule has 22 heavy (non-hydrogen) atoms. The zero-order chi connectivity index (χ0) is 15.6. The summed E-state index contributed by atoms with van der Waals surface area (Å²) in [6.45, 7) is 2.20. The first-order valence-electron chi connectivity index (χ1n) is 8.42. The molecule has 1 saturated heterocycles. The Morgan fingerprint density at radius 1 is 1.05 bits per heavy atom. The molecule has 4 heteroatoms. The second-order valence-corrected chi connectivity index (χ2v) is 7.52. The van der Waals surface area contributed by atoms with Gasteiger partial charge in [0.05, 0.1) is 11.1 Å². The summed E-state index contributed by atoms with van der Waals surface area (Å²) >= 11 is 3.69. The third kappa shape index (κ3) is 2.90. The molecule has 0 amide bonds. The molecule has 0 aromatic heterocycles. The lowest BCUT2D eigenvalue weighted by atomic mass is 9.69. The molecule has 2 fully saturated rings. The van der Waals surface area contributed by atoms with Crippen molar-refractivity contribution in [3.05, 3.63) is 28.2 Å². The quantitative estimate of drug-likeness (QED) is 0.841. The Morgan fingerprint density at radius 2 is 1.68 bits per heavy atom. The van der Waals surface area contributed by atoms with E-state index in [1.54, 1.807) is 0 Å². The number of nitrogens with zero attached hydrogens (tertiary/aromatic N) is 1. The van der Waals surface area contributed by atoms with Crippen LogP contribution in [0.25, 0.3) is 0 Å². The van der Waals surface area contributed by atoms with Crippen LogP contribution in [0.4, 0.5) is 5.69 Å². The lowest BCUT2D eigenvalue weighted by Gasteiger charge is -2.35. The molecular formula is C18H24BrNO2. The largest absolute Gasteiger partial charge is 0.481 e. The highest BCUT2D eigenvalue weighted by Gasteiger charge is 2.41. The molecule has 3 nitrogen and oxygen atoms in total. The maximum Gasteiger partial charge on any atom is 0.314 e. The predicted molar refractivity (Wildman–Crippen MR) is 92.6 cm³/mol. The van der Waals surface area contributed by atoms with Crippen LogP contribution in [-0.4, -0.2) is 24.2 Å². The molecule has 1 heterocycles. The van der Waals surface area contributed by atoms with Gasteiger partial charge in [0.15, 0.2) is 0 Å². The van der Waals surface area contributed by atoms with Gasteiger partial charge in [-0.1, -0.05) is 25.3 Å². The standard InChI is InChI=1S/C18H24BrNO2/c19-15-13-14(18(17(21)22)9-3-1-4-10-18)7-8-16(15)20-11-5-2-6-12-20/h7-8,13H,1-6,9-12H2,(H,21,22). The van der Waals surface area contributed by atoms with Gasteiger partial charge < -0.3 is 10.0 Å². The van der Waals surface area contributed by atoms with Crippen LogP contribution in [0.15, 0.2) is 22.7 Å². The molecule has 120 valence electrons. The third-order valence-electron chi connectivity index (χ3n) is 5.31.